The summed E-state index contributed by atoms with van der Waals surface area (Å²) in [5.41, 5.74) is 2.07. The molecule has 3 aromatic heterocycles. The standard InChI is InChI=1S/C23H20FN3O4S/c1-11-9-15(13(3)27(11)17-8-6-5-7-16(17)24)18(28)10-31-23(30)20-12(2)19-21(29)25-14(4)26-22(19)32-20/h5-9H,10H2,1-4H3,(H,25,26,29). The fourth-order valence-electron chi connectivity index (χ4n) is 3.77. The Bertz CT molecular complexity index is 1450. The van der Waals surface area contributed by atoms with Crippen LogP contribution in [-0.2, 0) is 4.74 Å². The number of hydrogen-bond acceptors (Lipinski definition) is 6. The summed E-state index contributed by atoms with van der Waals surface area (Å²) >= 11 is 1.05. The molecular formula is C23H20FN3O4S. The van der Waals surface area contributed by atoms with Gasteiger partial charge in [0.2, 0.25) is 5.78 Å². The van der Waals surface area contributed by atoms with Gasteiger partial charge < -0.3 is 14.3 Å². The lowest BCUT2D eigenvalue weighted by molar-refractivity contribution is 0.0479. The van der Waals surface area contributed by atoms with Crippen molar-refractivity contribution in [1.82, 2.24) is 14.5 Å². The van der Waals surface area contributed by atoms with Crippen LogP contribution >= 0.6 is 11.3 Å². The van der Waals surface area contributed by atoms with Crippen molar-refractivity contribution < 1.29 is 18.7 Å². The van der Waals surface area contributed by atoms with Crippen molar-refractivity contribution >= 4 is 33.3 Å². The van der Waals surface area contributed by atoms with Gasteiger partial charge in [0, 0.05) is 17.0 Å². The van der Waals surface area contributed by atoms with Gasteiger partial charge in [-0.2, -0.15) is 0 Å². The zero-order chi connectivity index (χ0) is 23.2. The molecule has 0 unspecified atom stereocenters. The van der Waals surface area contributed by atoms with E-state index in [0.717, 1.165) is 11.3 Å². The molecule has 0 aliphatic rings. The number of ether oxygens (including phenoxy) is 1. The molecule has 9 heteroatoms. The Kier molecular flexibility index (Phi) is 5.52. The van der Waals surface area contributed by atoms with Crippen LogP contribution in [0.15, 0.2) is 35.1 Å². The first-order valence-corrected chi connectivity index (χ1v) is 10.6. The smallest absolute Gasteiger partial charge is 0.349 e. The predicted octanol–water partition coefficient (Wildman–Crippen LogP) is 4.19. The maximum absolute atomic E-state index is 14.3. The monoisotopic (exact) mass is 453 g/mol. The molecule has 4 rings (SSSR count). The number of rotatable bonds is 5. The number of aryl methyl sites for hydroxylation is 3. The second-order valence-electron chi connectivity index (χ2n) is 7.46. The number of fused-ring (bicyclic) bond motifs is 1. The molecule has 1 aromatic carbocycles. The topological polar surface area (TPSA) is 94.0 Å². The van der Waals surface area contributed by atoms with Gasteiger partial charge in [-0.3, -0.25) is 9.59 Å². The number of carbonyl (C=O) groups excluding carboxylic acids is 2. The number of benzene rings is 1. The first-order chi connectivity index (χ1) is 15.2. The molecule has 0 radical (unpaired) electrons. The third-order valence-electron chi connectivity index (χ3n) is 5.26. The molecule has 0 atom stereocenters. The van der Waals surface area contributed by atoms with Crippen molar-refractivity contribution in [3.05, 3.63) is 79.7 Å². The first kappa shape index (κ1) is 21.6. The highest BCUT2D eigenvalue weighted by Crippen LogP contribution is 2.28. The van der Waals surface area contributed by atoms with E-state index in [4.69, 9.17) is 4.74 Å². The number of thiophene rings is 1. The van der Waals surface area contributed by atoms with Gasteiger partial charge in [0.1, 0.15) is 21.3 Å². The number of aromatic amines is 1. The van der Waals surface area contributed by atoms with Crippen LogP contribution in [0.2, 0.25) is 0 Å². The molecule has 1 N–H and O–H groups in total. The van der Waals surface area contributed by atoms with E-state index >= 15 is 0 Å². The van der Waals surface area contributed by atoms with E-state index in [2.05, 4.69) is 9.97 Å². The molecule has 0 bridgehead atoms. The van der Waals surface area contributed by atoms with Gasteiger partial charge in [-0.1, -0.05) is 12.1 Å². The maximum Gasteiger partial charge on any atom is 0.349 e. The quantitative estimate of drug-likeness (QED) is 0.361. The number of nitrogens with zero attached hydrogens (tertiary/aromatic N) is 2. The Morgan fingerprint density at radius 2 is 1.91 bits per heavy atom. The minimum Gasteiger partial charge on any atom is -0.453 e. The Morgan fingerprint density at radius 3 is 2.62 bits per heavy atom. The average Bonchev–Trinajstić information content (AvgIpc) is 3.22. The average molecular weight is 453 g/mol. The number of Topliss-reactive ketones (excluding diaryl/α,β-unsaturated/α-hetero) is 1. The highest BCUT2D eigenvalue weighted by atomic mass is 32.1. The molecule has 0 saturated heterocycles. The fourth-order valence-corrected chi connectivity index (χ4v) is 4.89. The number of nitrogens with one attached hydrogen (secondary N) is 1. The highest BCUT2D eigenvalue weighted by Gasteiger charge is 2.23. The van der Waals surface area contributed by atoms with Crippen LogP contribution < -0.4 is 5.56 Å². The van der Waals surface area contributed by atoms with Crippen molar-refractivity contribution in [2.75, 3.05) is 6.61 Å². The molecule has 0 amide bonds. The number of para-hydroxylation sites is 1. The van der Waals surface area contributed by atoms with Gasteiger partial charge in [0.25, 0.3) is 5.56 Å². The minimum atomic E-state index is -0.696. The molecule has 0 aliphatic carbocycles. The van der Waals surface area contributed by atoms with Crippen molar-refractivity contribution in [3.8, 4) is 5.69 Å². The molecule has 3 heterocycles. The molecule has 0 saturated carbocycles. The van der Waals surface area contributed by atoms with Crippen LogP contribution in [0.25, 0.3) is 15.9 Å². The van der Waals surface area contributed by atoms with E-state index in [9.17, 15) is 18.8 Å². The third-order valence-corrected chi connectivity index (χ3v) is 6.43. The zero-order valence-electron chi connectivity index (χ0n) is 17.9. The Balaban J connectivity index is 1.57. The summed E-state index contributed by atoms with van der Waals surface area (Å²) in [4.78, 5) is 45.2. The normalized spacial score (nSPS) is 11.2. The number of ketones is 1. The van der Waals surface area contributed by atoms with Crippen molar-refractivity contribution in [3.63, 3.8) is 0 Å². The van der Waals surface area contributed by atoms with Crippen LogP contribution in [0, 0.1) is 33.5 Å². The van der Waals surface area contributed by atoms with E-state index < -0.39 is 24.2 Å². The molecule has 32 heavy (non-hydrogen) atoms. The van der Waals surface area contributed by atoms with Gasteiger partial charge in [0.15, 0.2) is 6.61 Å². The van der Waals surface area contributed by atoms with Crippen molar-refractivity contribution in [2.24, 2.45) is 0 Å². The Labute approximate surface area is 186 Å². The molecular weight excluding hydrogens is 433 g/mol. The van der Waals surface area contributed by atoms with Crippen LogP contribution in [-0.4, -0.2) is 32.9 Å². The zero-order valence-corrected chi connectivity index (χ0v) is 18.7. The summed E-state index contributed by atoms with van der Waals surface area (Å²) in [6.45, 7) is 6.31. The largest absolute Gasteiger partial charge is 0.453 e. The second kappa shape index (κ2) is 8.16. The van der Waals surface area contributed by atoms with Crippen LogP contribution in [0.1, 0.15) is 42.8 Å². The molecule has 0 spiro atoms. The summed E-state index contributed by atoms with van der Waals surface area (Å²) < 4.78 is 21.2. The van der Waals surface area contributed by atoms with Gasteiger partial charge in [-0.25, -0.2) is 14.2 Å². The van der Waals surface area contributed by atoms with Crippen molar-refractivity contribution in [2.45, 2.75) is 27.7 Å². The van der Waals surface area contributed by atoms with E-state index in [1.807, 2.05) is 0 Å². The lowest BCUT2D eigenvalue weighted by atomic mass is 10.1. The van der Waals surface area contributed by atoms with Gasteiger partial charge in [0.05, 0.1) is 11.1 Å². The number of esters is 1. The minimum absolute atomic E-state index is 0.230. The first-order valence-electron chi connectivity index (χ1n) is 9.83. The maximum atomic E-state index is 14.3. The van der Waals surface area contributed by atoms with Crippen LogP contribution in [0.4, 0.5) is 4.39 Å². The molecule has 4 aromatic rings. The Morgan fingerprint density at radius 1 is 1.19 bits per heavy atom. The van der Waals surface area contributed by atoms with Crippen LogP contribution in [0.5, 0.6) is 0 Å². The number of halogens is 1. The summed E-state index contributed by atoms with van der Waals surface area (Å²) in [5, 5.41) is 0.340. The fraction of sp³-hybridized carbons (Fsp3) is 0.217. The number of aromatic nitrogens is 3. The Hall–Kier alpha value is -3.59. The molecule has 0 fully saturated rings. The van der Waals surface area contributed by atoms with E-state index in [1.165, 1.54) is 6.07 Å². The van der Waals surface area contributed by atoms with E-state index in [0.29, 0.717) is 44.2 Å². The number of H-pyrrole nitrogens is 1. The third kappa shape index (κ3) is 3.64. The van der Waals surface area contributed by atoms with E-state index in [-0.39, 0.29) is 10.4 Å². The highest BCUT2D eigenvalue weighted by molar-refractivity contribution is 7.20. The molecule has 0 aliphatic heterocycles. The second-order valence-corrected chi connectivity index (χ2v) is 8.46. The predicted molar refractivity (Wildman–Crippen MR) is 120 cm³/mol. The summed E-state index contributed by atoms with van der Waals surface area (Å²) in [6.07, 6.45) is 0. The number of hydrogen-bond donors (Lipinski definition) is 1. The lowest BCUT2D eigenvalue weighted by Gasteiger charge is -2.10. The summed E-state index contributed by atoms with van der Waals surface area (Å²) in [7, 11) is 0. The SMILES string of the molecule is Cc1nc2sc(C(=O)OCC(=O)c3cc(C)n(-c4ccccc4F)c3C)c(C)c2c(=O)[nH]1. The summed E-state index contributed by atoms with van der Waals surface area (Å²) in [5.74, 6) is -1.05. The van der Waals surface area contributed by atoms with Gasteiger partial charge in [-0.05, 0) is 51.5 Å². The van der Waals surface area contributed by atoms with Gasteiger partial charge in [-0.15, -0.1) is 11.3 Å². The van der Waals surface area contributed by atoms with Crippen LogP contribution in [0.3, 0.4) is 0 Å². The van der Waals surface area contributed by atoms with Gasteiger partial charge >= 0.3 is 5.97 Å². The van der Waals surface area contributed by atoms with Crippen molar-refractivity contribution in [1.29, 1.82) is 0 Å². The molecule has 164 valence electrons. The lowest BCUT2D eigenvalue weighted by Crippen LogP contribution is -2.15. The summed E-state index contributed by atoms with van der Waals surface area (Å²) in [6, 6.07) is 7.95. The number of carbonyl (C=O) groups is 2. The molecule has 7 nitrogen and oxygen atoms in total. The van der Waals surface area contributed by atoms with E-state index in [1.54, 1.807) is 56.5 Å².